The van der Waals surface area contributed by atoms with Crippen LogP contribution in [0.5, 0.6) is 5.75 Å². The van der Waals surface area contributed by atoms with E-state index in [-0.39, 0.29) is 23.7 Å². The van der Waals surface area contributed by atoms with Gasteiger partial charge >= 0.3 is 0 Å². The Labute approximate surface area is 217 Å². The molecule has 3 N–H and O–H groups in total. The zero-order valence-corrected chi connectivity index (χ0v) is 21.0. The summed E-state index contributed by atoms with van der Waals surface area (Å²) in [5.41, 5.74) is 11.5. The first-order chi connectivity index (χ1) is 18.4. The molecule has 6 rings (SSSR count). The SMILES string of the molecule is Cc1ccccc1Cn1c(Cn2nc(-c3cccc(O)c3)c3c(N)ncnc32)nc2cccc(C)c2c1=O. The van der Waals surface area contributed by atoms with Crippen LogP contribution in [0, 0.1) is 13.8 Å². The maximum atomic E-state index is 13.9. The molecule has 0 aliphatic carbocycles. The summed E-state index contributed by atoms with van der Waals surface area (Å²) in [4.78, 5) is 27.4. The van der Waals surface area contributed by atoms with Gasteiger partial charge in [-0.1, -0.05) is 48.5 Å². The monoisotopic (exact) mass is 503 g/mol. The first-order valence-electron chi connectivity index (χ1n) is 12.2. The Hall–Kier alpha value is -5.05. The lowest BCUT2D eigenvalue weighted by Crippen LogP contribution is -2.28. The van der Waals surface area contributed by atoms with Crippen molar-refractivity contribution in [3.63, 3.8) is 0 Å². The Bertz CT molecular complexity index is 1910. The van der Waals surface area contributed by atoms with E-state index in [1.807, 2.05) is 62.4 Å². The van der Waals surface area contributed by atoms with E-state index in [1.54, 1.807) is 27.4 Å². The molecule has 0 saturated heterocycles. The number of aryl methyl sites for hydroxylation is 2. The van der Waals surface area contributed by atoms with Gasteiger partial charge in [0, 0.05) is 5.56 Å². The normalized spacial score (nSPS) is 11.4. The molecule has 0 amide bonds. The van der Waals surface area contributed by atoms with Gasteiger partial charge in [0.25, 0.3) is 5.56 Å². The number of hydrogen-bond acceptors (Lipinski definition) is 7. The summed E-state index contributed by atoms with van der Waals surface area (Å²) in [6.45, 7) is 4.50. The fourth-order valence-corrected chi connectivity index (χ4v) is 4.85. The first kappa shape index (κ1) is 23.4. The third-order valence-corrected chi connectivity index (χ3v) is 6.83. The molecular formula is C29H25N7O2. The van der Waals surface area contributed by atoms with E-state index >= 15 is 0 Å². The fraction of sp³-hybridized carbons (Fsp3) is 0.138. The zero-order chi connectivity index (χ0) is 26.4. The van der Waals surface area contributed by atoms with Gasteiger partial charge in [-0.15, -0.1) is 0 Å². The van der Waals surface area contributed by atoms with Gasteiger partial charge in [-0.2, -0.15) is 5.10 Å². The fourth-order valence-electron chi connectivity index (χ4n) is 4.85. The molecule has 9 nitrogen and oxygen atoms in total. The molecule has 6 aromatic rings. The standard InChI is InChI=1S/C29H25N7O2/c1-17-7-3-4-9-20(17)14-35-23(33-22-12-5-8-18(2)24(22)29(35)38)15-36-28-25(27(30)31-16-32-28)26(34-36)19-10-6-11-21(37)13-19/h3-13,16,37H,14-15H2,1-2H3,(H2,30,31,32). The highest BCUT2D eigenvalue weighted by atomic mass is 16.3. The number of aromatic hydroxyl groups is 1. The van der Waals surface area contributed by atoms with Gasteiger partial charge in [0.05, 0.1) is 22.8 Å². The third kappa shape index (κ3) is 3.94. The highest BCUT2D eigenvalue weighted by molar-refractivity contribution is 5.98. The van der Waals surface area contributed by atoms with Crippen molar-refractivity contribution >= 4 is 27.8 Å². The van der Waals surface area contributed by atoms with Crippen LogP contribution in [0.1, 0.15) is 22.5 Å². The number of nitrogens with two attached hydrogens (primary N) is 1. The number of nitrogen functional groups attached to an aromatic ring is 1. The molecule has 0 fully saturated rings. The second-order valence-corrected chi connectivity index (χ2v) is 9.33. The van der Waals surface area contributed by atoms with Crippen LogP contribution in [0.4, 0.5) is 5.82 Å². The highest BCUT2D eigenvalue weighted by Gasteiger charge is 2.20. The van der Waals surface area contributed by atoms with E-state index in [1.165, 1.54) is 6.33 Å². The molecule has 0 unspecified atom stereocenters. The van der Waals surface area contributed by atoms with Gasteiger partial charge < -0.3 is 10.8 Å². The summed E-state index contributed by atoms with van der Waals surface area (Å²) in [6.07, 6.45) is 1.39. The van der Waals surface area contributed by atoms with Crippen LogP contribution in [0.3, 0.4) is 0 Å². The number of nitrogens with zero attached hydrogens (tertiary/aromatic N) is 6. The largest absolute Gasteiger partial charge is 0.508 e. The quantitative estimate of drug-likeness (QED) is 0.361. The molecule has 188 valence electrons. The summed E-state index contributed by atoms with van der Waals surface area (Å²) in [5, 5.41) is 16.1. The zero-order valence-electron chi connectivity index (χ0n) is 21.0. The van der Waals surface area contributed by atoms with Crippen LogP contribution in [-0.2, 0) is 13.1 Å². The molecule has 3 aromatic carbocycles. The minimum Gasteiger partial charge on any atom is -0.508 e. The molecule has 0 radical (unpaired) electrons. The van der Waals surface area contributed by atoms with Gasteiger partial charge in [0.2, 0.25) is 0 Å². The Morgan fingerprint density at radius 1 is 0.895 bits per heavy atom. The van der Waals surface area contributed by atoms with Crippen LogP contribution < -0.4 is 11.3 Å². The van der Waals surface area contributed by atoms with Gasteiger partial charge in [-0.05, 0) is 48.7 Å². The van der Waals surface area contributed by atoms with Gasteiger partial charge in [0.1, 0.15) is 36.0 Å². The summed E-state index contributed by atoms with van der Waals surface area (Å²) in [6, 6.07) is 20.5. The predicted molar refractivity (Wildman–Crippen MR) is 147 cm³/mol. The van der Waals surface area contributed by atoms with Crippen molar-refractivity contribution in [1.29, 1.82) is 0 Å². The topological polar surface area (TPSA) is 125 Å². The molecule has 0 atom stereocenters. The number of phenols is 1. The lowest BCUT2D eigenvalue weighted by atomic mass is 10.1. The Morgan fingerprint density at radius 2 is 1.68 bits per heavy atom. The first-order valence-corrected chi connectivity index (χ1v) is 12.2. The van der Waals surface area contributed by atoms with Crippen LogP contribution in [0.25, 0.3) is 33.2 Å². The Morgan fingerprint density at radius 3 is 2.50 bits per heavy atom. The third-order valence-electron chi connectivity index (χ3n) is 6.83. The molecule has 3 aromatic heterocycles. The Balaban J connectivity index is 1.57. The lowest BCUT2D eigenvalue weighted by molar-refractivity contribution is 0.475. The molecule has 3 heterocycles. The van der Waals surface area contributed by atoms with Crippen molar-refractivity contribution in [3.8, 4) is 17.0 Å². The molecule has 38 heavy (non-hydrogen) atoms. The molecular weight excluding hydrogens is 478 g/mol. The minimum absolute atomic E-state index is 0.106. The minimum atomic E-state index is -0.106. The van der Waals surface area contributed by atoms with E-state index in [0.717, 1.165) is 16.7 Å². The van der Waals surface area contributed by atoms with Crippen molar-refractivity contribution in [3.05, 3.63) is 106 Å². The smallest absolute Gasteiger partial charge is 0.262 e. The van der Waals surface area contributed by atoms with E-state index in [9.17, 15) is 9.90 Å². The van der Waals surface area contributed by atoms with E-state index < -0.39 is 0 Å². The summed E-state index contributed by atoms with van der Waals surface area (Å²) in [5.74, 6) is 0.929. The molecule has 0 aliphatic rings. The van der Waals surface area contributed by atoms with Crippen molar-refractivity contribution in [1.82, 2.24) is 29.3 Å². The van der Waals surface area contributed by atoms with E-state index in [2.05, 4.69) is 9.97 Å². The predicted octanol–water partition coefficient (Wildman–Crippen LogP) is 4.20. The summed E-state index contributed by atoms with van der Waals surface area (Å²) < 4.78 is 3.40. The number of fused-ring (bicyclic) bond motifs is 2. The van der Waals surface area contributed by atoms with Crippen molar-refractivity contribution in [2.45, 2.75) is 26.9 Å². The lowest BCUT2D eigenvalue weighted by Gasteiger charge is -2.16. The summed E-state index contributed by atoms with van der Waals surface area (Å²) in [7, 11) is 0. The van der Waals surface area contributed by atoms with E-state index in [0.29, 0.717) is 45.6 Å². The van der Waals surface area contributed by atoms with Crippen molar-refractivity contribution < 1.29 is 5.11 Å². The average Bonchev–Trinajstić information content (AvgIpc) is 3.27. The van der Waals surface area contributed by atoms with Crippen LogP contribution in [0.15, 0.2) is 77.9 Å². The van der Waals surface area contributed by atoms with E-state index in [4.69, 9.17) is 15.8 Å². The molecule has 0 aliphatic heterocycles. The maximum absolute atomic E-state index is 13.9. The van der Waals surface area contributed by atoms with Gasteiger partial charge in [-0.25, -0.2) is 19.6 Å². The number of phenolic OH excluding ortho intramolecular Hbond substituents is 1. The number of hydrogen-bond donors (Lipinski definition) is 2. The van der Waals surface area contributed by atoms with Crippen LogP contribution >= 0.6 is 0 Å². The highest BCUT2D eigenvalue weighted by Crippen LogP contribution is 2.32. The molecule has 0 spiro atoms. The number of anilines is 1. The summed E-state index contributed by atoms with van der Waals surface area (Å²) >= 11 is 0. The second kappa shape index (κ2) is 9.11. The number of aromatic nitrogens is 6. The second-order valence-electron chi connectivity index (χ2n) is 9.33. The average molecular weight is 504 g/mol. The molecule has 0 saturated carbocycles. The number of benzene rings is 3. The van der Waals surface area contributed by atoms with Gasteiger partial charge in [0.15, 0.2) is 5.65 Å². The van der Waals surface area contributed by atoms with Crippen molar-refractivity contribution in [2.75, 3.05) is 5.73 Å². The Kier molecular flexibility index (Phi) is 5.60. The maximum Gasteiger partial charge on any atom is 0.262 e. The molecule has 9 heteroatoms. The number of rotatable bonds is 5. The van der Waals surface area contributed by atoms with Gasteiger partial charge in [-0.3, -0.25) is 9.36 Å². The van der Waals surface area contributed by atoms with Crippen molar-refractivity contribution in [2.24, 2.45) is 0 Å². The molecule has 0 bridgehead atoms. The van der Waals surface area contributed by atoms with Crippen LogP contribution in [0.2, 0.25) is 0 Å². The van der Waals surface area contributed by atoms with Crippen LogP contribution in [-0.4, -0.2) is 34.4 Å².